The highest BCUT2D eigenvalue weighted by Gasteiger charge is 2.09. The van der Waals surface area contributed by atoms with E-state index in [0.29, 0.717) is 12.5 Å². The van der Waals surface area contributed by atoms with Gasteiger partial charge in [-0.3, -0.25) is 0 Å². The minimum absolute atomic E-state index is 0.238. The van der Waals surface area contributed by atoms with Gasteiger partial charge in [0.1, 0.15) is 5.82 Å². The lowest BCUT2D eigenvalue weighted by atomic mass is 10.0. The molecule has 0 bridgehead atoms. The molecular weight excluding hydrogens is 302 g/mol. The highest BCUT2D eigenvalue weighted by atomic mass is 16.3. The maximum absolute atomic E-state index is 9.18. The molecule has 1 heterocycles. The Balaban J connectivity index is 2.71. The molecule has 0 aliphatic carbocycles. The van der Waals surface area contributed by atoms with Crippen LogP contribution in [0.4, 0.5) is 5.82 Å². The van der Waals surface area contributed by atoms with E-state index in [1.807, 2.05) is 25.1 Å². The highest BCUT2D eigenvalue weighted by Crippen LogP contribution is 2.15. The van der Waals surface area contributed by atoms with Crippen LogP contribution in [-0.2, 0) is 6.54 Å². The van der Waals surface area contributed by atoms with Gasteiger partial charge in [0.2, 0.25) is 0 Å². The molecule has 0 spiro atoms. The van der Waals surface area contributed by atoms with Gasteiger partial charge in [0.05, 0.1) is 6.54 Å². The van der Waals surface area contributed by atoms with E-state index in [-0.39, 0.29) is 6.61 Å². The molecule has 0 amide bonds. The molecule has 6 heteroatoms. The molecule has 0 aliphatic heterocycles. The van der Waals surface area contributed by atoms with Gasteiger partial charge in [0.15, 0.2) is 5.96 Å². The Morgan fingerprint density at radius 1 is 1.29 bits per heavy atom. The van der Waals surface area contributed by atoms with Crippen molar-refractivity contribution in [2.45, 2.75) is 39.7 Å². The topological polar surface area (TPSA) is 72.8 Å². The molecule has 1 unspecified atom stereocenters. The maximum atomic E-state index is 9.18. The normalized spacial score (nSPS) is 12.8. The lowest BCUT2D eigenvalue weighted by molar-refractivity contribution is 0.251. The fraction of sp³-hybridized carbons (Fsp3) is 0.667. The Labute approximate surface area is 146 Å². The summed E-state index contributed by atoms with van der Waals surface area (Å²) in [5.41, 5.74) is 1.10. The van der Waals surface area contributed by atoms with E-state index in [1.54, 1.807) is 6.20 Å². The second-order valence-corrected chi connectivity index (χ2v) is 6.12. The number of rotatable bonds is 10. The first kappa shape index (κ1) is 20.2. The molecule has 0 saturated carbocycles. The monoisotopic (exact) mass is 335 g/mol. The number of hydrogen-bond donors (Lipinski definition) is 3. The summed E-state index contributed by atoms with van der Waals surface area (Å²) < 4.78 is 0. The van der Waals surface area contributed by atoms with Gasteiger partial charge in [-0.1, -0.05) is 19.4 Å². The van der Waals surface area contributed by atoms with Crippen molar-refractivity contribution in [1.82, 2.24) is 15.6 Å². The average molecular weight is 335 g/mol. The maximum Gasteiger partial charge on any atom is 0.191 e. The molecule has 1 aromatic rings. The molecule has 0 fully saturated rings. The third-order valence-corrected chi connectivity index (χ3v) is 3.84. The van der Waals surface area contributed by atoms with Crippen LogP contribution in [0.25, 0.3) is 0 Å². The lowest BCUT2D eigenvalue weighted by Crippen LogP contribution is -2.40. The van der Waals surface area contributed by atoms with Gasteiger partial charge in [0, 0.05) is 45.6 Å². The third-order valence-electron chi connectivity index (χ3n) is 3.84. The van der Waals surface area contributed by atoms with E-state index in [0.717, 1.165) is 49.7 Å². The average Bonchev–Trinajstić information content (AvgIpc) is 2.57. The minimum atomic E-state index is 0.238. The number of nitrogens with one attached hydrogen (secondary N) is 2. The van der Waals surface area contributed by atoms with Gasteiger partial charge >= 0.3 is 0 Å². The number of hydrogen-bond acceptors (Lipinski definition) is 4. The Kier molecular flexibility index (Phi) is 9.84. The van der Waals surface area contributed by atoms with Crippen molar-refractivity contribution in [3.63, 3.8) is 0 Å². The van der Waals surface area contributed by atoms with E-state index in [2.05, 4.69) is 40.5 Å². The summed E-state index contributed by atoms with van der Waals surface area (Å²) in [6, 6.07) is 4.00. The Bertz CT molecular complexity index is 484. The van der Waals surface area contributed by atoms with Crippen LogP contribution in [0, 0.1) is 5.92 Å². The molecule has 6 nitrogen and oxygen atoms in total. The number of nitrogens with zero attached hydrogens (tertiary/aromatic N) is 3. The van der Waals surface area contributed by atoms with Crippen molar-refractivity contribution in [2.75, 3.05) is 38.7 Å². The van der Waals surface area contributed by atoms with Crippen LogP contribution in [0.5, 0.6) is 0 Å². The van der Waals surface area contributed by atoms with Gasteiger partial charge < -0.3 is 20.6 Å². The zero-order valence-corrected chi connectivity index (χ0v) is 15.5. The quantitative estimate of drug-likeness (QED) is 0.450. The summed E-state index contributed by atoms with van der Waals surface area (Å²) in [4.78, 5) is 11.1. The number of aliphatic hydroxyl groups excluding tert-OH is 1. The summed E-state index contributed by atoms with van der Waals surface area (Å²) in [5, 5.41) is 15.9. The first-order valence-electron chi connectivity index (χ1n) is 8.86. The number of aliphatic hydroxyl groups is 1. The van der Waals surface area contributed by atoms with Crippen LogP contribution in [-0.4, -0.2) is 49.8 Å². The smallest absolute Gasteiger partial charge is 0.191 e. The van der Waals surface area contributed by atoms with Crippen molar-refractivity contribution >= 4 is 11.8 Å². The lowest BCUT2D eigenvalue weighted by Gasteiger charge is -2.19. The fourth-order valence-electron chi connectivity index (χ4n) is 2.64. The standard InChI is InChI=1S/C18H33N5O/c1-5-8-15(10-12-24)13-21-18(19-6-2)22-14-16-9-7-11-20-17(16)23(3)4/h7,9,11,15,24H,5-6,8,10,12-14H2,1-4H3,(H2,19,21,22). The van der Waals surface area contributed by atoms with Crippen LogP contribution in [0.15, 0.2) is 23.3 Å². The van der Waals surface area contributed by atoms with E-state index >= 15 is 0 Å². The molecule has 1 atom stereocenters. The van der Waals surface area contributed by atoms with Crippen molar-refractivity contribution < 1.29 is 5.11 Å². The van der Waals surface area contributed by atoms with E-state index in [4.69, 9.17) is 0 Å². The molecule has 0 saturated heterocycles. The SMILES string of the molecule is CCCC(CCO)CNC(=NCc1cccnc1N(C)C)NCC. The van der Waals surface area contributed by atoms with Crippen molar-refractivity contribution in [3.05, 3.63) is 23.9 Å². The second-order valence-electron chi connectivity index (χ2n) is 6.12. The summed E-state index contributed by atoms with van der Waals surface area (Å²) in [6.07, 6.45) is 4.87. The third kappa shape index (κ3) is 7.17. The van der Waals surface area contributed by atoms with Crippen LogP contribution < -0.4 is 15.5 Å². The summed E-state index contributed by atoms with van der Waals surface area (Å²) in [7, 11) is 3.98. The summed E-state index contributed by atoms with van der Waals surface area (Å²) in [6.45, 7) is 6.70. The minimum Gasteiger partial charge on any atom is -0.396 e. The molecule has 136 valence electrons. The Morgan fingerprint density at radius 2 is 2.08 bits per heavy atom. The zero-order chi connectivity index (χ0) is 17.8. The predicted octanol–water partition coefficient (Wildman–Crippen LogP) is 2.00. The van der Waals surface area contributed by atoms with Crippen molar-refractivity contribution in [1.29, 1.82) is 0 Å². The molecule has 1 rings (SSSR count). The number of aliphatic imine (C=N–C) groups is 1. The number of guanidine groups is 1. The number of pyridine rings is 1. The Hall–Kier alpha value is -1.82. The fourth-order valence-corrected chi connectivity index (χ4v) is 2.64. The first-order valence-corrected chi connectivity index (χ1v) is 8.86. The molecular formula is C18H33N5O. The largest absolute Gasteiger partial charge is 0.396 e. The number of aromatic nitrogens is 1. The molecule has 3 N–H and O–H groups in total. The summed E-state index contributed by atoms with van der Waals surface area (Å²) >= 11 is 0. The first-order chi connectivity index (χ1) is 11.6. The summed E-state index contributed by atoms with van der Waals surface area (Å²) in [5.74, 6) is 2.23. The van der Waals surface area contributed by atoms with Crippen molar-refractivity contribution in [3.8, 4) is 0 Å². The van der Waals surface area contributed by atoms with Gasteiger partial charge in [-0.2, -0.15) is 0 Å². The second kappa shape index (κ2) is 11.7. The van der Waals surface area contributed by atoms with Crippen LogP contribution >= 0.6 is 0 Å². The predicted molar refractivity (Wildman–Crippen MR) is 101 cm³/mol. The molecule has 0 aromatic carbocycles. The zero-order valence-electron chi connectivity index (χ0n) is 15.5. The molecule has 0 radical (unpaired) electrons. The van der Waals surface area contributed by atoms with Gasteiger partial charge in [-0.15, -0.1) is 0 Å². The van der Waals surface area contributed by atoms with Gasteiger partial charge in [0.25, 0.3) is 0 Å². The van der Waals surface area contributed by atoms with Gasteiger partial charge in [-0.25, -0.2) is 9.98 Å². The van der Waals surface area contributed by atoms with E-state index in [9.17, 15) is 5.11 Å². The highest BCUT2D eigenvalue weighted by molar-refractivity contribution is 5.79. The van der Waals surface area contributed by atoms with E-state index < -0.39 is 0 Å². The van der Waals surface area contributed by atoms with Gasteiger partial charge in [-0.05, 0) is 31.7 Å². The van der Waals surface area contributed by atoms with Crippen LogP contribution in [0.2, 0.25) is 0 Å². The van der Waals surface area contributed by atoms with Crippen LogP contribution in [0.3, 0.4) is 0 Å². The Morgan fingerprint density at radius 3 is 2.71 bits per heavy atom. The molecule has 1 aromatic heterocycles. The number of anilines is 1. The van der Waals surface area contributed by atoms with Crippen molar-refractivity contribution in [2.24, 2.45) is 10.9 Å². The van der Waals surface area contributed by atoms with Crippen LogP contribution in [0.1, 0.15) is 38.7 Å². The molecule has 0 aliphatic rings. The molecule has 24 heavy (non-hydrogen) atoms. The van der Waals surface area contributed by atoms with E-state index in [1.165, 1.54) is 0 Å².